The molecule has 0 amide bonds. The Morgan fingerprint density at radius 1 is 1.14 bits per heavy atom. The van der Waals surface area contributed by atoms with Crippen molar-refractivity contribution in [1.82, 2.24) is 0 Å². The number of carbonyl (C=O) groups is 1. The number of hydrogen-bond donors (Lipinski definition) is 0. The first kappa shape index (κ1) is 15.8. The SMILES string of the molecule is COc1cc(Br)c(C(=O)c2ccc(F)c(Cl)c2)cc1OC. The van der Waals surface area contributed by atoms with Crippen LogP contribution in [0.1, 0.15) is 15.9 Å². The van der Waals surface area contributed by atoms with Crippen molar-refractivity contribution in [3.05, 3.63) is 56.8 Å². The van der Waals surface area contributed by atoms with Crippen molar-refractivity contribution in [1.29, 1.82) is 0 Å². The highest BCUT2D eigenvalue weighted by Gasteiger charge is 2.18. The molecule has 0 N–H and O–H groups in total. The second-order valence-corrected chi connectivity index (χ2v) is 5.41. The van der Waals surface area contributed by atoms with Crippen molar-refractivity contribution in [3.8, 4) is 11.5 Å². The highest BCUT2D eigenvalue weighted by molar-refractivity contribution is 9.10. The Labute approximate surface area is 134 Å². The fraction of sp³-hybridized carbons (Fsp3) is 0.133. The molecule has 0 radical (unpaired) electrons. The fourth-order valence-corrected chi connectivity index (χ4v) is 2.50. The van der Waals surface area contributed by atoms with E-state index in [4.69, 9.17) is 21.1 Å². The number of carbonyl (C=O) groups excluding carboxylic acids is 1. The van der Waals surface area contributed by atoms with Crippen LogP contribution in [0.5, 0.6) is 11.5 Å². The van der Waals surface area contributed by atoms with Crippen LogP contribution in [0.3, 0.4) is 0 Å². The molecule has 0 aromatic heterocycles. The summed E-state index contributed by atoms with van der Waals surface area (Å²) < 4.78 is 24.1. The third-order valence-electron chi connectivity index (χ3n) is 2.90. The van der Waals surface area contributed by atoms with Gasteiger partial charge in [0.25, 0.3) is 0 Å². The van der Waals surface area contributed by atoms with E-state index in [1.54, 1.807) is 12.1 Å². The molecular formula is C15H11BrClFO3. The van der Waals surface area contributed by atoms with E-state index in [0.29, 0.717) is 21.5 Å². The quantitative estimate of drug-likeness (QED) is 0.741. The third kappa shape index (κ3) is 3.19. The van der Waals surface area contributed by atoms with Gasteiger partial charge in [0, 0.05) is 15.6 Å². The molecule has 2 aromatic rings. The summed E-state index contributed by atoms with van der Waals surface area (Å²) in [5, 5.41) is -0.0996. The first-order valence-corrected chi connectivity index (χ1v) is 7.06. The van der Waals surface area contributed by atoms with Crippen LogP contribution in [0.2, 0.25) is 5.02 Å². The van der Waals surface area contributed by atoms with Crippen LogP contribution in [0, 0.1) is 5.82 Å². The molecule has 0 saturated carbocycles. The fourth-order valence-electron chi connectivity index (χ4n) is 1.82. The van der Waals surface area contributed by atoms with Gasteiger partial charge in [-0.1, -0.05) is 11.6 Å². The van der Waals surface area contributed by atoms with E-state index < -0.39 is 5.82 Å². The van der Waals surface area contributed by atoms with Crippen LogP contribution in [0.25, 0.3) is 0 Å². The second-order valence-electron chi connectivity index (χ2n) is 4.15. The van der Waals surface area contributed by atoms with Gasteiger partial charge < -0.3 is 9.47 Å². The summed E-state index contributed by atoms with van der Waals surface area (Å²) in [5.41, 5.74) is 0.657. The zero-order valence-corrected chi connectivity index (χ0v) is 13.6. The van der Waals surface area contributed by atoms with Crippen LogP contribution in [-0.4, -0.2) is 20.0 Å². The Bertz CT molecular complexity index is 704. The van der Waals surface area contributed by atoms with Crippen LogP contribution in [0.4, 0.5) is 4.39 Å². The Morgan fingerprint density at radius 2 is 1.76 bits per heavy atom. The zero-order valence-electron chi connectivity index (χ0n) is 11.2. The molecule has 6 heteroatoms. The topological polar surface area (TPSA) is 35.5 Å². The molecule has 2 aromatic carbocycles. The zero-order chi connectivity index (χ0) is 15.6. The molecule has 0 fully saturated rings. The molecule has 0 aliphatic carbocycles. The van der Waals surface area contributed by atoms with Gasteiger partial charge in [0.2, 0.25) is 0 Å². The summed E-state index contributed by atoms with van der Waals surface area (Å²) >= 11 is 9.03. The normalized spacial score (nSPS) is 10.3. The molecule has 110 valence electrons. The number of halogens is 3. The summed E-state index contributed by atoms with van der Waals surface area (Å²) in [4.78, 5) is 12.5. The van der Waals surface area contributed by atoms with Crippen molar-refractivity contribution in [3.63, 3.8) is 0 Å². The molecule has 2 rings (SSSR count). The molecule has 0 aliphatic rings. The summed E-state index contributed by atoms with van der Waals surface area (Å²) in [5.74, 6) is 0.0552. The Hall–Kier alpha value is -1.59. The van der Waals surface area contributed by atoms with Gasteiger partial charge in [-0.25, -0.2) is 4.39 Å². The average molecular weight is 374 g/mol. The smallest absolute Gasteiger partial charge is 0.194 e. The monoisotopic (exact) mass is 372 g/mol. The number of hydrogen-bond acceptors (Lipinski definition) is 3. The molecular weight excluding hydrogens is 363 g/mol. The maximum Gasteiger partial charge on any atom is 0.194 e. The van der Waals surface area contributed by atoms with Crippen molar-refractivity contribution >= 4 is 33.3 Å². The highest BCUT2D eigenvalue weighted by Crippen LogP contribution is 2.34. The predicted octanol–water partition coefficient (Wildman–Crippen LogP) is 4.49. The minimum atomic E-state index is -0.570. The van der Waals surface area contributed by atoms with Gasteiger partial charge >= 0.3 is 0 Å². The molecule has 3 nitrogen and oxygen atoms in total. The van der Waals surface area contributed by atoms with Gasteiger partial charge in [0.15, 0.2) is 17.3 Å². The summed E-state index contributed by atoms with van der Waals surface area (Å²) in [7, 11) is 2.99. The minimum absolute atomic E-state index is 0.0996. The minimum Gasteiger partial charge on any atom is -0.493 e. The summed E-state index contributed by atoms with van der Waals surface area (Å²) in [6.07, 6.45) is 0. The Kier molecular flexibility index (Phi) is 4.85. The third-order valence-corrected chi connectivity index (χ3v) is 3.85. The van der Waals surface area contributed by atoms with Crippen molar-refractivity contribution in [2.75, 3.05) is 14.2 Å². The van der Waals surface area contributed by atoms with Gasteiger partial charge in [-0.3, -0.25) is 4.79 Å². The molecule has 0 saturated heterocycles. The number of methoxy groups -OCH3 is 2. The van der Waals surface area contributed by atoms with Crippen molar-refractivity contribution in [2.24, 2.45) is 0 Å². The molecule has 21 heavy (non-hydrogen) atoms. The van der Waals surface area contributed by atoms with Crippen LogP contribution in [-0.2, 0) is 0 Å². The van der Waals surface area contributed by atoms with Gasteiger partial charge in [0.1, 0.15) is 5.82 Å². The maximum absolute atomic E-state index is 13.2. The van der Waals surface area contributed by atoms with Gasteiger partial charge in [-0.05, 0) is 46.3 Å². The lowest BCUT2D eigenvalue weighted by Gasteiger charge is -2.11. The first-order valence-electron chi connectivity index (χ1n) is 5.89. The van der Waals surface area contributed by atoms with Crippen LogP contribution >= 0.6 is 27.5 Å². The largest absolute Gasteiger partial charge is 0.493 e. The first-order chi connectivity index (χ1) is 9.97. The van der Waals surface area contributed by atoms with Crippen LogP contribution in [0.15, 0.2) is 34.8 Å². The molecule has 0 atom stereocenters. The predicted molar refractivity (Wildman–Crippen MR) is 82.1 cm³/mol. The second kappa shape index (κ2) is 6.45. The molecule has 0 bridgehead atoms. The summed E-state index contributed by atoms with van der Waals surface area (Å²) in [6.45, 7) is 0. The van der Waals surface area contributed by atoms with E-state index in [-0.39, 0.29) is 16.4 Å². The van der Waals surface area contributed by atoms with Gasteiger partial charge in [0.05, 0.1) is 19.2 Å². The molecule has 0 spiro atoms. The number of ether oxygens (including phenoxy) is 2. The lowest BCUT2D eigenvalue weighted by molar-refractivity contribution is 0.103. The maximum atomic E-state index is 13.2. The van der Waals surface area contributed by atoms with E-state index in [1.807, 2.05) is 0 Å². The highest BCUT2D eigenvalue weighted by atomic mass is 79.9. The molecule has 0 aliphatic heterocycles. The van der Waals surface area contributed by atoms with Gasteiger partial charge in [-0.15, -0.1) is 0 Å². The lowest BCUT2D eigenvalue weighted by atomic mass is 10.0. The Morgan fingerprint density at radius 3 is 2.33 bits per heavy atom. The van der Waals surface area contributed by atoms with E-state index >= 15 is 0 Å². The van der Waals surface area contributed by atoms with Crippen molar-refractivity contribution in [2.45, 2.75) is 0 Å². The summed E-state index contributed by atoms with van der Waals surface area (Å²) in [6, 6.07) is 7.03. The lowest BCUT2D eigenvalue weighted by Crippen LogP contribution is -2.04. The van der Waals surface area contributed by atoms with Crippen LogP contribution < -0.4 is 9.47 Å². The average Bonchev–Trinajstić information content (AvgIpc) is 2.49. The number of rotatable bonds is 4. The molecule has 0 heterocycles. The van der Waals surface area contributed by atoms with Gasteiger partial charge in [-0.2, -0.15) is 0 Å². The number of benzene rings is 2. The molecule has 0 unspecified atom stereocenters. The van der Waals surface area contributed by atoms with E-state index in [2.05, 4.69) is 15.9 Å². The van der Waals surface area contributed by atoms with E-state index in [9.17, 15) is 9.18 Å². The number of ketones is 1. The van der Waals surface area contributed by atoms with Crippen molar-refractivity contribution < 1.29 is 18.7 Å². The standard InChI is InChI=1S/C15H11BrClFO3/c1-20-13-6-9(10(16)7-14(13)21-2)15(19)8-3-4-12(18)11(17)5-8/h3-7H,1-2H3. The van der Waals surface area contributed by atoms with E-state index in [1.165, 1.54) is 26.4 Å². The Balaban J connectivity index is 2.50. The van der Waals surface area contributed by atoms with E-state index in [0.717, 1.165) is 6.07 Å².